The van der Waals surface area contributed by atoms with Crippen LogP contribution in [-0.2, 0) is 27.2 Å². The van der Waals surface area contributed by atoms with Crippen LogP contribution in [0.15, 0.2) is 78.9 Å². The van der Waals surface area contributed by atoms with Gasteiger partial charge in [-0.1, -0.05) is 80.6 Å². The van der Waals surface area contributed by atoms with Gasteiger partial charge < -0.3 is 15.0 Å². The van der Waals surface area contributed by atoms with Crippen LogP contribution in [0.2, 0.25) is 0 Å². The van der Waals surface area contributed by atoms with E-state index in [1.807, 2.05) is 48.5 Å². The molecule has 0 spiro atoms. The van der Waals surface area contributed by atoms with Crippen LogP contribution in [0.3, 0.4) is 0 Å². The molecule has 1 atom stereocenters. The van der Waals surface area contributed by atoms with E-state index in [-0.39, 0.29) is 12.3 Å². The molecule has 0 aliphatic carbocycles. The van der Waals surface area contributed by atoms with Gasteiger partial charge in [-0.15, -0.1) is 0 Å². The molecule has 1 unspecified atom stereocenters. The standard InChI is InChI=1S/C30H32N2O3/c1-20(2)23-14-16-26-25(19-23)24(29(32-26)22-12-8-5-9-13-22)15-17-28(33)31-27(30(34)35-3)18-21-10-6-4-7-11-21/h4-14,16,19-20,27,32H,15,17-18H2,1-3H3,(H,31,33). The van der Waals surface area contributed by atoms with E-state index < -0.39 is 12.0 Å². The lowest BCUT2D eigenvalue weighted by Gasteiger charge is -2.17. The number of amides is 1. The smallest absolute Gasteiger partial charge is 0.328 e. The molecule has 0 saturated carbocycles. The zero-order valence-electron chi connectivity index (χ0n) is 20.5. The highest BCUT2D eigenvalue weighted by Gasteiger charge is 2.23. The van der Waals surface area contributed by atoms with Crippen molar-refractivity contribution >= 4 is 22.8 Å². The van der Waals surface area contributed by atoms with E-state index in [4.69, 9.17) is 4.74 Å². The maximum atomic E-state index is 13.0. The predicted molar refractivity (Wildman–Crippen MR) is 140 cm³/mol. The summed E-state index contributed by atoms with van der Waals surface area (Å²) in [6, 6.07) is 25.6. The normalized spacial score (nSPS) is 12.0. The van der Waals surface area contributed by atoms with Crippen LogP contribution >= 0.6 is 0 Å². The van der Waals surface area contributed by atoms with Crippen LogP contribution in [0.25, 0.3) is 22.2 Å². The number of nitrogens with one attached hydrogen (secondary N) is 2. The summed E-state index contributed by atoms with van der Waals surface area (Å²) in [5.41, 5.74) is 6.51. The minimum Gasteiger partial charge on any atom is -0.467 e. The number of H-pyrrole nitrogens is 1. The first-order chi connectivity index (χ1) is 17.0. The molecule has 5 heteroatoms. The molecule has 0 saturated heterocycles. The number of esters is 1. The maximum Gasteiger partial charge on any atom is 0.328 e. The average Bonchev–Trinajstić information content (AvgIpc) is 3.25. The van der Waals surface area contributed by atoms with Gasteiger partial charge in [-0.3, -0.25) is 4.79 Å². The minimum atomic E-state index is -0.723. The van der Waals surface area contributed by atoms with Crippen molar-refractivity contribution in [2.45, 2.75) is 45.1 Å². The Morgan fingerprint density at radius 2 is 1.63 bits per heavy atom. The third-order valence-electron chi connectivity index (χ3n) is 6.36. The molecule has 4 aromatic rings. The topological polar surface area (TPSA) is 71.2 Å². The van der Waals surface area contributed by atoms with Crippen molar-refractivity contribution in [2.75, 3.05) is 7.11 Å². The number of methoxy groups -OCH3 is 1. The highest BCUT2D eigenvalue weighted by Crippen LogP contribution is 2.33. The molecule has 4 rings (SSSR count). The van der Waals surface area contributed by atoms with Crippen LogP contribution in [0.1, 0.15) is 42.9 Å². The van der Waals surface area contributed by atoms with Gasteiger partial charge in [-0.25, -0.2) is 4.79 Å². The van der Waals surface area contributed by atoms with Crippen molar-refractivity contribution in [3.63, 3.8) is 0 Å². The Kier molecular flexibility index (Phi) is 7.66. The quantitative estimate of drug-likeness (QED) is 0.305. The number of fused-ring (bicyclic) bond motifs is 1. The first-order valence-corrected chi connectivity index (χ1v) is 12.1. The monoisotopic (exact) mass is 468 g/mol. The Morgan fingerprint density at radius 1 is 0.943 bits per heavy atom. The number of aromatic amines is 1. The van der Waals surface area contributed by atoms with Crippen LogP contribution in [0.4, 0.5) is 0 Å². The summed E-state index contributed by atoms with van der Waals surface area (Å²) in [7, 11) is 1.34. The zero-order chi connectivity index (χ0) is 24.8. The number of rotatable bonds is 9. The van der Waals surface area contributed by atoms with Gasteiger partial charge in [0.05, 0.1) is 7.11 Å². The minimum absolute atomic E-state index is 0.176. The molecule has 1 heterocycles. The fraction of sp³-hybridized carbons (Fsp3) is 0.267. The number of aryl methyl sites for hydroxylation is 1. The SMILES string of the molecule is COC(=O)C(Cc1ccccc1)NC(=O)CCc1c(-c2ccccc2)[nH]c2ccc(C(C)C)cc12. The number of hydrogen-bond acceptors (Lipinski definition) is 3. The second-order valence-electron chi connectivity index (χ2n) is 9.14. The van der Waals surface area contributed by atoms with Crippen LogP contribution in [0.5, 0.6) is 0 Å². The number of carbonyl (C=O) groups is 2. The molecular formula is C30H32N2O3. The molecule has 0 bridgehead atoms. The van der Waals surface area contributed by atoms with Gasteiger partial charge in [-0.2, -0.15) is 0 Å². The predicted octanol–water partition coefficient (Wildman–Crippen LogP) is 5.79. The molecule has 0 aliphatic rings. The lowest BCUT2D eigenvalue weighted by Crippen LogP contribution is -2.43. The Morgan fingerprint density at radius 3 is 2.29 bits per heavy atom. The molecule has 35 heavy (non-hydrogen) atoms. The Labute approximate surface area is 206 Å². The number of hydrogen-bond donors (Lipinski definition) is 2. The van der Waals surface area contributed by atoms with E-state index in [1.165, 1.54) is 12.7 Å². The first-order valence-electron chi connectivity index (χ1n) is 12.1. The van der Waals surface area contributed by atoms with E-state index in [9.17, 15) is 9.59 Å². The van der Waals surface area contributed by atoms with Crippen LogP contribution < -0.4 is 5.32 Å². The summed E-state index contributed by atoms with van der Waals surface area (Å²) in [5, 5.41) is 4.03. The number of benzene rings is 3. The zero-order valence-corrected chi connectivity index (χ0v) is 20.5. The Balaban J connectivity index is 1.57. The summed E-state index contributed by atoms with van der Waals surface area (Å²) in [6.07, 6.45) is 1.21. The van der Waals surface area contributed by atoms with Crippen molar-refractivity contribution in [1.82, 2.24) is 10.3 Å². The molecule has 1 aromatic heterocycles. The average molecular weight is 469 g/mol. The van der Waals surface area contributed by atoms with E-state index in [0.717, 1.165) is 33.3 Å². The molecule has 5 nitrogen and oxygen atoms in total. The van der Waals surface area contributed by atoms with Crippen LogP contribution in [-0.4, -0.2) is 30.0 Å². The molecular weight excluding hydrogens is 436 g/mol. The summed E-state index contributed by atoms with van der Waals surface area (Å²) in [4.78, 5) is 28.9. The van der Waals surface area contributed by atoms with E-state index in [0.29, 0.717) is 18.8 Å². The van der Waals surface area contributed by atoms with Gasteiger partial charge in [-0.05, 0) is 46.7 Å². The second kappa shape index (κ2) is 11.0. The highest BCUT2D eigenvalue weighted by molar-refractivity contribution is 5.92. The third-order valence-corrected chi connectivity index (χ3v) is 6.36. The summed E-state index contributed by atoms with van der Waals surface area (Å²) in [5.74, 6) is -0.213. The maximum absolute atomic E-state index is 13.0. The van der Waals surface area contributed by atoms with E-state index in [2.05, 4.69) is 54.5 Å². The number of aromatic nitrogens is 1. The van der Waals surface area contributed by atoms with Gasteiger partial charge in [0.1, 0.15) is 6.04 Å². The fourth-order valence-electron chi connectivity index (χ4n) is 4.43. The lowest BCUT2D eigenvalue weighted by molar-refractivity contribution is -0.145. The first kappa shape index (κ1) is 24.3. The van der Waals surface area contributed by atoms with Crippen molar-refractivity contribution in [2.24, 2.45) is 0 Å². The molecule has 0 aliphatic heterocycles. The molecule has 1 amide bonds. The summed E-state index contributed by atoms with van der Waals surface area (Å²) in [6.45, 7) is 4.36. The van der Waals surface area contributed by atoms with Gasteiger partial charge >= 0.3 is 5.97 Å². The van der Waals surface area contributed by atoms with E-state index >= 15 is 0 Å². The van der Waals surface area contributed by atoms with Gasteiger partial charge in [0, 0.05) is 29.4 Å². The summed E-state index contributed by atoms with van der Waals surface area (Å²) < 4.78 is 4.95. The lowest BCUT2D eigenvalue weighted by atomic mass is 9.97. The fourth-order valence-corrected chi connectivity index (χ4v) is 4.43. The third kappa shape index (κ3) is 5.80. The molecule has 0 radical (unpaired) electrons. The van der Waals surface area contributed by atoms with Crippen LogP contribution in [0, 0.1) is 0 Å². The highest BCUT2D eigenvalue weighted by atomic mass is 16.5. The Bertz CT molecular complexity index is 1290. The number of ether oxygens (including phenoxy) is 1. The van der Waals surface area contributed by atoms with E-state index in [1.54, 1.807) is 0 Å². The largest absolute Gasteiger partial charge is 0.467 e. The molecule has 3 aromatic carbocycles. The Hall–Kier alpha value is -3.86. The van der Waals surface area contributed by atoms with Crippen molar-refractivity contribution < 1.29 is 14.3 Å². The second-order valence-corrected chi connectivity index (χ2v) is 9.14. The molecule has 0 fully saturated rings. The van der Waals surface area contributed by atoms with Crippen molar-refractivity contribution in [3.05, 3.63) is 95.6 Å². The molecule has 2 N–H and O–H groups in total. The number of carbonyl (C=O) groups excluding carboxylic acids is 2. The molecule has 180 valence electrons. The van der Waals surface area contributed by atoms with Crippen molar-refractivity contribution in [3.8, 4) is 11.3 Å². The van der Waals surface area contributed by atoms with Gasteiger partial charge in [0.2, 0.25) is 5.91 Å². The van der Waals surface area contributed by atoms with Gasteiger partial charge in [0.15, 0.2) is 0 Å². The van der Waals surface area contributed by atoms with Crippen molar-refractivity contribution in [1.29, 1.82) is 0 Å². The van der Waals surface area contributed by atoms with Gasteiger partial charge in [0.25, 0.3) is 0 Å². The summed E-state index contributed by atoms with van der Waals surface area (Å²) >= 11 is 0.